The van der Waals surface area contributed by atoms with Gasteiger partial charge in [-0.1, -0.05) is 6.92 Å². The number of hydrogen-bond donors (Lipinski definition) is 2. The molecule has 1 saturated heterocycles. The van der Waals surface area contributed by atoms with Crippen LogP contribution in [0.3, 0.4) is 0 Å². The van der Waals surface area contributed by atoms with Crippen LogP contribution in [0, 0.1) is 11.7 Å². The van der Waals surface area contributed by atoms with Crippen LogP contribution in [0.1, 0.15) is 37.9 Å². The second-order valence-electron chi connectivity index (χ2n) is 5.77. The van der Waals surface area contributed by atoms with Gasteiger partial charge in [0, 0.05) is 19.7 Å². The summed E-state index contributed by atoms with van der Waals surface area (Å²) < 4.78 is 13.0. The number of aliphatic hydroxyl groups excluding tert-OH is 1. The van der Waals surface area contributed by atoms with E-state index in [9.17, 15) is 4.39 Å². The quantitative estimate of drug-likeness (QED) is 0.770. The number of hydrogen-bond acceptors (Lipinski definition) is 4. The predicted molar refractivity (Wildman–Crippen MR) is 81.5 cm³/mol. The van der Waals surface area contributed by atoms with Crippen LogP contribution in [-0.4, -0.2) is 47.8 Å². The summed E-state index contributed by atoms with van der Waals surface area (Å²) in [5.74, 6) is 0.344. The maximum atomic E-state index is 13.0. The van der Waals surface area contributed by atoms with Crippen molar-refractivity contribution in [1.29, 1.82) is 0 Å². The zero-order valence-corrected chi connectivity index (χ0v) is 12.8. The molecule has 2 rings (SSSR count). The molecular formula is C16H26FN3O. The van der Waals surface area contributed by atoms with Gasteiger partial charge >= 0.3 is 0 Å². The van der Waals surface area contributed by atoms with Crippen LogP contribution in [0.5, 0.6) is 0 Å². The first-order chi connectivity index (χ1) is 10.2. The Bertz CT molecular complexity index is 412. The first-order valence-corrected chi connectivity index (χ1v) is 7.91. The van der Waals surface area contributed by atoms with Gasteiger partial charge in [0.25, 0.3) is 0 Å². The highest BCUT2D eigenvalue weighted by atomic mass is 19.1. The number of rotatable bonds is 8. The monoisotopic (exact) mass is 295 g/mol. The van der Waals surface area contributed by atoms with Gasteiger partial charge in [0.2, 0.25) is 0 Å². The van der Waals surface area contributed by atoms with Gasteiger partial charge in [0.05, 0.1) is 17.9 Å². The van der Waals surface area contributed by atoms with E-state index in [-0.39, 0.29) is 18.5 Å². The van der Waals surface area contributed by atoms with E-state index in [1.807, 2.05) is 0 Å². The molecule has 0 saturated carbocycles. The Hall–Kier alpha value is -1.04. The van der Waals surface area contributed by atoms with Crippen LogP contribution in [0.15, 0.2) is 18.3 Å². The Kier molecular flexibility index (Phi) is 6.54. The maximum absolute atomic E-state index is 13.0. The van der Waals surface area contributed by atoms with Crippen LogP contribution in [0.4, 0.5) is 4.39 Å². The van der Waals surface area contributed by atoms with Crippen molar-refractivity contribution in [3.63, 3.8) is 0 Å². The summed E-state index contributed by atoms with van der Waals surface area (Å²) in [6.45, 7) is 6.44. The van der Waals surface area contributed by atoms with Crippen molar-refractivity contribution in [2.45, 2.75) is 32.2 Å². The molecule has 2 unspecified atom stereocenters. The normalized spacial score (nSPS) is 20.8. The standard InChI is InChI=1S/C16H26FN3O/c1-2-18-16(15-4-3-14(17)11-19-15)6-9-20-8-5-13(12-20)7-10-21/h3-4,11,13,16,18,21H,2,5-10,12H2,1H3. The van der Waals surface area contributed by atoms with Crippen LogP contribution < -0.4 is 5.32 Å². The average molecular weight is 295 g/mol. The summed E-state index contributed by atoms with van der Waals surface area (Å²) in [5, 5.41) is 12.4. The fourth-order valence-electron chi connectivity index (χ4n) is 3.04. The number of likely N-dealkylation sites (tertiary alicyclic amines) is 1. The van der Waals surface area contributed by atoms with E-state index in [1.165, 1.54) is 18.7 Å². The van der Waals surface area contributed by atoms with Gasteiger partial charge in [0.1, 0.15) is 5.82 Å². The van der Waals surface area contributed by atoms with E-state index in [0.29, 0.717) is 5.92 Å². The van der Waals surface area contributed by atoms with Gasteiger partial charge in [0.15, 0.2) is 0 Å². The zero-order chi connectivity index (χ0) is 15.1. The molecule has 0 aromatic carbocycles. The van der Waals surface area contributed by atoms with E-state index in [2.05, 4.69) is 22.1 Å². The molecule has 118 valence electrons. The topological polar surface area (TPSA) is 48.4 Å². The summed E-state index contributed by atoms with van der Waals surface area (Å²) in [6, 6.07) is 3.41. The first kappa shape index (κ1) is 16.3. The third-order valence-corrected chi connectivity index (χ3v) is 4.20. The van der Waals surface area contributed by atoms with E-state index in [1.54, 1.807) is 6.07 Å². The number of halogens is 1. The summed E-state index contributed by atoms with van der Waals surface area (Å²) >= 11 is 0. The lowest BCUT2D eigenvalue weighted by Crippen LogP contribution is -2.29. The van der Waals surface area contributed by atoms with Crippen molar-refractivity contribution in [3.05, 3.63) is 29.8 Å². The van der Waals surface area contributed by atoms with Crippen molar-refractivity contribution >= 4 is 0 Å². The molecule has 0 bridgehead atoms. The van der Waals surface area contributed by atoms with E-state index in [0.717, 1.165) is 44.7 Å². The number of aromatic nitrogens is 1. The van der Waals surface area contributed by atoms with Crippen molar-refractivity contribution in [2.75, 3.05) is 32.8 Å². The van der Waals surface area contributed by atoms with Crippen molar-refractivity contribution in [1.82, 2.24) is 15.2 Å². The first-order valence-electron chi connectivity index (χ1n) is 7.91. The van der Waals surface area contributed by atoms with Gasteiger partial charge in [-0.05, 0) is 50.4 Å². The molecule has 1 aromatic heterocycles. The minimum absolute atomic E-state index is 0.174. The SMILES string of the molecule is CCNC(CCN1CCC(CCO)C1)c1ccc(F)cn1. The molecule has 0 radical (unpaired) electrons. The highest BCUT2D eigenvalue weighted by Crippen LogP contribution is 2.21. The third-order valence-electron chi connectivity index (χ3n) is 4.20. The average Bonchev–Trinajstić information content (AvgIpc) is 2.93. The Balaban J connectivity index is 1.84. The fourth-order valence-corrected chi connectivity index (χ4v) is 3.04. The Morgan fingerprint density at radius 3 is 3.05 bits per heavy atom. The van der Waals surface area contributed by atoms with Crippen molar-refractivity contribution in [2.24, 2.45) is 5.92 Å². The van der Waals surface area contributed by atoms with E-state index >= 15 is 0 Å². The van der Waals surface area contributed by atoms with Gasteiger partial charge < -0.3 is 15.3 Å². The fraction of sp³-hybridized carbons (Fsp3) is 0.688. The molecule has 1 aromatic rings. The summed E-state index contributed by atoms with van der Waals surface area (Å²) in [6.07, 6.45) is 4.35. The van der Waals surface area contributed by atoms with E-state index < -0.39 is 0 Å². The van der Waals surface area contributed by atoms with Gasteiger partial charge in [-0.25, -0.2) is 4.39 Å². The Morgan fingerprint density at radius 2 is 2.38 bits per heavy atom. The summed E-state index contributed by atoms with van der Waals surface area (Å²) in [4.78, 5) is 6.65. The highest BCUT2D eigenvalue weighted by Gasteiger charge is 2.22. The minimum Gasteiger partial charge on any atom is -0.396 e. The molecule has 0 aliphatic carbocycles. The zero-order valence-electron chi connectivity index (χ0n) is 12.8. The summed E-state index contributed by atoms with van der Waals surface area (Å²) in [7, 11) is 0. The molecule has 4 nitrogen and oxygen atoms in total. The van der Waals surface area contributed by atoms with E-state index in [4.69, 9.17) is 5.11 Å². The molecule has 2 heterocycles. The lowest BCUT2D eigenvalue weighted by molar-refractivity contribution is 0.247. The number of nitrogens with zero attached hydrogens (tertiary/aromatic N) is 2. The van der Waals surface area contributed by atoms with Crippen molar-refractivity contribution < 1.29 is 9.50 Å². The molecule has 0 spiro atoms. The minimum atomic E-state index is -0.291. The molecular weight excluding hydrogens is 269 g/mol. The third kappa shape index (κ3) is 5.02. The van der Waals surface area contributed by atoms with Crippen LogP contribution in [0.2, 0.25) is 0 Å². The van der Waals surface area contributed by atoms with Crippen LogP contribution in [0.25, 0.3) is 0 Å². The molecule has 21 heavy (non-hydrogen) atoms. The van der Waals surface area contributed by atoms with Crippen LogP contribution in [-0.2, 0) is 0 Å². The lowest BCUT2D eigenvalue weighted by atomic mass is 10.1. The second-order valence-corrected chi connectivity index (χ2v) is 5.77. The van der Waals surface area contributed by atoms with Crippen LogP contribution >= 0.6 is 0 Å². The number of aliphatic hydroxyl groups is 1. The Morgan fingerprint density at radius 1 is 1.52 bits per heavy atom. The number of nitrogens with one attached hydrogen (secondary N) is 1. The molecule has 1 aliphatic heterocycles. The van der Waals surface area contributed by atoms with Gasteiger partial charge in [-0.15, -0.1) is 0 Å². The second kappa shape index (κ2) is 8.41. The maximum Gasteiger partial charge on any atom is 0.141 e. The molecule has 2 N–H and O–H groups in total. The van der Waals surface area contributed by atoms with Gasteiger partial charge in [-0.2, -0.15) is 0 Å². The summed E-state index contributed by atoms with van der Waals surface area (Å²) in [5.41, 5.74) is 0.907. The molecule has 1 aliphatic rings. The molecule has 5 heteroatoms. The predicted octanol–water partition coefficient (Wildman–Crippen LogP) is 1.97. The van der Waals surface area contributed by atoms with Crippen molar-refractivity contribution in [3.8, 4) is 0 Å². The lowest BCUT2D eigenvalue weighted by Gasteiger charge is -2.22. The number of pyridine rings is 1. The largest absolute Gasteiger partial charge is 0.396 e. The van der Waals surface area contributed by atoms with Gasteiger partial charge in [-0.3, -0.25) is 4.98 Å². The smallest absolute Gasteiger partial charge is 0.141 e. The molecule has 2 atom stereocenters. The Labute approximate surface area is 126 Å². The molecule has 0 amide bonds. The molecule has 1 fully saturated rings. The highest BCUT2D eigenvalue weighted by molar-refractivity contribution is 5.10.